The average Bonchev–Trinajstić information content (AvgIpc) is 2.84. The lowest BCUT2D eigenvalue weighted by Gasteiger charge is -2.24. The summed E-state index contributed by atoms with van der Waals surface area (Å²) in [7, 11) is 3.13. The summed E-state index contributed by atoms with van der Waals surface area (Å²) in [5, 5.41) is 9.15. The third-order valence-electron chi connectivity index (χ3n) is 5.60. The van der Waals surface area contributed by atoms with Gasteiger partial charge >= 0.3 is 5.97 Å². The van der Waals surface area contributed by atoms with Crippen LogP contribution in [0.4, 0.5) is 0 Å². The molecule has 33 heavy (non-hydrogen) atoms. The number of hydrogen-bond donors (Lipinski definition) is 1. The van der Waals surface area contributed by atoms with Crippen molar-refractivity contribution in [2.24, 2.45) is 0 Å². The number of hydrogen-bond acceptors (Lipinski definition) is 4. The molecule has 0 spiro atoms. The lowest BCUT2D eigenvalue weighted by atomic mass is 10.1. The minimum Gasteiger partial charge on any atom is -0.496 e. The number of carboxylic acid groups (broad SMARTS) is 1. The molecule has 3 aromatic rings. The Morgan fingerprint density at radius 3 is 2.00 bits per heavy atom. The molecule has 172 valence electrons. The van der Waals surface area contributed by atoms with Gasteiger partial charge in [0.2, 0.25) is 0 Å². The quantitative estimate of drug-likeness (QED) is 0.474. The number of methoxy groups -OCH3 is 2. The Labute approximate surface area is 194 Å². The van der Waals surface area contributed by atoms with Crippen molar-refractivity contribution in [2.75, 3.05) is 20.8 Å². The number of amides is 1. The highest BCUT2D eigenvalue weighted by Crippen LogP contribution is 2.30. The molecule has 0 unspecified atom stereocenters. The summed E-state index contributed by atoms with van der Waals surface area (Å²) in [6, 6.07) is 20.2. The van der Waals surface area contributed by atoms with E-state index in [9.17, 15) is 9.59 Å². The smallest absolute Gasteiger partial charge is 0.335 e. The maximum absolute atomic E-state index is 13.5. The van der Waals surface area contributed by atoms with E-state index in [0.29, 0.717) is 30.2 Å². The van der Waals surface area contributed by atoms with Crippen LogP contribution < -0.4 is 9.47 Å². The Hall–Kier alpha value is -3.80. The fourth-order valence-corrected chi connectivity index (χ4v) is 3.74. The van der Waals surface area contributed by atoms with E-state index < -0.39 is 5.97 Å². The van der Waals surface area contributed by atoms with Gasteiger partial charge in [0.05, 0.1) is 19.8 Å². The Morgan fingerprint density at radius 1 is 0.848 bits per heavy atom. The van der Waals surface area contributed by atoms with Crippen molar-refractivity contribution < 1.29 is 24.2 Å². The van der Waals surface area contributed by atoms with Crippen LogP contribution in [0.3, 0.4) is 0 Å². The highest BCUT2D eigenvalue weighted by molar-refractivity contribution is 5.95. The number of ether oxygens (including phenoxy) is 2. The van der Waals surface area contributed by atoms with E-state index in [2.05, 4.69) is 12.1 Å². The molecule has 1 amide bonds. The zero-order valence-electron chi connectivity index (χ0n) is 19.2. The molecule has 6 heteroatoms. The molecule has 0 aromatic heterocycles. The summed E-state index contributed by atoms with van der Waals surface area (Å²) in [4.78, 5) is 26.5. The summed E-state index contributed by atoms with van der Waals surface area (Å²) in [5.74, 6) is 0.0682. The monoisotopic (exact) mass is 447 g/mol. The highest BCUT2D eigenvalue weighted by Gasteiger charge is 2.20. The van der Waals surface area contributed by atoms with Crippen molar-refractivity contribution in [3.05, 3.63) is 94.5 Å². The Bertz CT molecular complexity index is 1070. The fraction of sp³-hybridized carbons (Fsp3) is 0.259. The van der Waals surface area contributed by atoms with Crippen LogP contribution >= 0.6 is 0 Å². The van der Waals surface area contributed by atoms with Gasteiger partial charge in [-0.2, -0.15) is 0 Å². The van der Waals surface area contributed by atoms with Gasteiger partial charge in [-0.1, -0.05) is 42.5 Å². The van der Waals surface area contributed by atoms with Gasteiger partial charge in [-0.15, -0.1) is 0 Å². The number of carboxylic acids is 1. The molecule has 0 aliphatic heterocycles. The second-order valence-electron chi connectivity index (χ2n) is 7.82. The number of carbonyl (C=O) groups excluding carboxylic acids is 1. The molecule has 0 saturated heterocycles. The van der Waals surface area contributed by atoms with Crippen molar-refractivity contribution in [3.8, 4) is 11.5 Å². The summed E-state index contributed by atoms with van der Waals surface area (Å²) < 4.78 is 10.9. The first kappa shape index (κ1) is 23.9. The number of carbonyl (C=O) groups is 2. The van der Waals surface area contributed by atoms with Gasteiger partial charge in [0, 0.05) is 24.2 Å². The first-order valence-corrected chi connectivity index (χ1v) is 10.8. The average molecular weight is 448 g/mol. The van der Waals surface area contributed by atoms with Crippen LogP contribution in [0.15, 0.2) is 66.7 Å². The predicted molar refractivity (Wildman–Crippen MR) is 127 cm³/mol. The molecular weight excluding hydrogens is 418 g/mol. The molecule has 1 N–H and O–H groups in total. The van der Waals surface area contributed by atoms with Crippen molar-refractivity contribution in [1.29, 1.82) is 0 Å². The predicted octanol–water partition coefficient (Wildman–Crippen LogP) is 4.99. The molecule has 0 heterocycles. The van der Waals surface area contributed by atoms with Gasteiger partial charge in [0.15, 0.2) is 0 Å². The Kier molecular flexibility index (Phi) is 8.08. The summed E-state index contributed by atoms with van der Waals surface area (Å²) in [6.45, 7) is 2.80. The van der Waals surface area contributed by atoms with E-state index in [-0.39, 0.29) is 11.5 Å². The molecule has 0 bridgehead atoms. The molecule has 0 aliphatic rings. The minimum absolute atomic E-state index is 0.137. The summed E-state index contributed by atoms with van der Waals surface area (Å²) >= 11 is 0. The number of rotatable bonds is 10. The SMILES string of the molecule is COc1cc(C(=O)N(CCCc2ccccc2)Cc2ccc(C(=O)O)cc2)cc(OC)c1C. The third-order valence-corrected chi connectivity index (χ3v) is 5.60. The van der Waals surface area contributed by atoms with Gasteiger partial charge in [-0.05, 0) is 55.2 Å². The molecule has 0 aliphatic carbocycles. The van der Waals surface area contributed by atoms with E-state index in [4.69, 9.17) is 14.6 Å². The fourth-order valence-electron chi connectivity index (χ4n) is 3.74. The number of nitrogens with zero attached hydrogens (tertiary/aromatic N) is 1. The topological polar surface area (TPSA) is 76.1 Å². The molecule has 0 saturated carbocycles. The van der Waals surface area contributed by atoms with Crippen LogP contribution in [0.2, 0.25) is 0 Å². The molecule has 3 aromatic carbocycles. The maximum Gasteiger partial charge on any atom is 0.335 e. The van der Waals surface area contributed by atoms with E-state index in [1.807, 2.05) is 25.1 Å². The lowest BCUT2D eigenvalue weighted by molar-refractivity contribution is 0.0694. The van der Waals surface area contributed by atoms with Crippen molar-refractivity contribution in [1.82, 2.24) is 4.90 Å². The standard InChI is InChI=1S/C27H29NO5/c1-19-24(32-2)16-23(17-25(19)33-3)26(29)28(15-7-10-20-8-5-4-6-9-20)18-21-11-13-22(14-12-21)27(30)31/h4-6,8-9,11-14,16-17H,7,10,15,18H2,1-3H3,(H,30,31). The molecule has 0 atom stereocenters. The van der Waals surface area contributed by atoms with Crippen LogP contribution in [0.1, 0.15) is 43.8 Å². The molecule has 0 fully saturated rings. The third kappa shape index (κ3) is 6.13. The van der Waals surface area contributed by atoms with Gasteiger partial charge in [-0.25, -0.2) is 4.79 Å². The minimum atomic E-state index is -0.976. The number of benzene rings is 3. The van der Waals surface area contributed by atoms with Crippen molar-refractivity contribution in [3.63, 3.8) is 0 Å². The van der Waals surface area contributed by atoms with Gasteiger partial charge in [0.1, 0.15) is 11.5 Å². The summed E-state index contributed by atoms with van der Waals surface area (Å²) in [5.41, 5.74) is 3.61. The van der Waals surface area contributed by atoms with Gasteiger partial charge in [0.25, 0.3) is 5.91 Å². The highest BCUT2D eigenvalue weighted by atomic mass is 16.5. The van der Waals surface area contributed by atoms with Crippen LogP contribution in [0.5, 0.6) is 11.5 Å². The normalized spacial score (nSPS) is 10.5. The molecule has 0 radical (unpaired) electrons. The van der Waals surface area contributed by atoms with Crippen LogP contribution in [0, 0.1) is 6.92 Å². The van der Waals surface area contributed by atoms with E-state index in [1.165, 1.54) is 5.56 Å². The van der Waals surface area contributed by atoms with E-state index in [1.54, 1.807) is 55.5 Å². The summed E-state index contributed by atoms with van der Waals surface area (Å²) in [6.07, 6.45) is 1.65. The zero-order valence-corrected chi connectivity index (χ0v) is 19.2. The zero-order chi connectivity index (χ0) is 23.8. The Balaban J connectivity index is 1.84. The van der Waals surface area contributed by atoms with Crippen LogP contribution in [-0.2, 0) is 13.0 Å². The number of aromatic carboxylic acids is 1. The molecule has 3 rings (SSSR count). The van der Waals surface area contributed by atoms with E-state index >= 15 is 0 Å². The lowest BCUT2D eigenvalue weighted by Crippen LogP contribution is -2.32. The maximum atomic E-state index is 13.5. The second kappa shape index (κ2) is 11.2. The van der Waals surface area contributed by atoms with Crippen molar-refractivity contribution >= 4 is 11.9 Å². The van der Waals surface area contributed by atoms with Crippen LogP contribution in [-0.4, -0.2) is 42.6 Å². The van der Waals surface area contributed by atoms with E-state index in [0.717, 1.165) is 24.0 Å². The van der Waals surface area contributed by atoms with Gasteiger partial charge < -0.3 is 19.5 Å². The number of aryl methyl sites for hydroxylation is 1. The largest absolute Gasteiger partial charge is 0.496 e. The Morgan fingerprint density at radius 2 is 1.45 bits per heavy atom. The first-order valence-electron chi connectivity index (χ1n) is 10.8. The van der Waals surface area contributed by atoms with Crippen LogP contribution in [0.25, 0.3) is 0 Å². The second-order valence-corrected chi connectivity index (χ2v) is 7.82. The van der Waals surface area contributed by atoms with Crippen molar-refractivity contribution in [2.45, 2.75) is 26.3 Å². The molecule has 6 nitrogen and oxygen atoms in total. The first-order chi connectivity index (χ1) is 15.9. The van der Waals surface area contributed by atoms with Gasteiger partial charge in [-0.3, -0.25) is 4.79 Å². The molecular formula is C27H29NO5.